The van der Waals surface area contributed by atoms with Crippen LogP contribution < -0.4 is 9.80 Å². The largest absolute Gasteiger partial charge is 0.374 e. The highest BCUT2D eigenvalue weighted by atomic mass is 16.2. The molecule has 0 N–H and O–H groups in total. The Kier molecular flexibility index (Phi) is 3.24. The molecule has 1 aliphatic heterocycles. The molecule has 1 saturated carbocycles. The SMILES string of the molecule is CN(CC1CCCC1)c1ccc2c(c1)N(C)C(=O)C2=O. The van der Waals surface area contributed by atoms with E-state index in [0.29, 0.717) is 5.56 Å². The van der Waals surface area contributed by atoms with Gasteiger partial charge in [-0.15, -0.1) is 0 Å². The van der Waals surface area contributed by atoms with E-state index in [0.717, 1.165) is 23.8 Å². The summed E-state index contributed by atoms with van der Waals surface area (Å²) in [5, 5.41) is 0. The molecule has 1 aromatic carbocycles. The van der Waals surface area contributed by atoms with Gasteiger partial charge in [0.1, 0.15) is 0 Å². The third kappa shape index (κ3) is 2.09. The van der Waals surface area contributed by atoms with E-state index in [1.165, 1.54) is 30.6 Å². The Bertz CT molecular complexity index is 562. The Labute approximate surface area is 119 Å². The van der Waals surface area contributed by atoms with Crippen LogP contribution in [0.1, 0.15) is 36.0 Å². The molecule has 1 amide bonds. The summed E-state index contributed by atoms with van der Waals surface area (Å²) in [7, 11) is 3.74. The summed E-state index contributed by atoms with van der Waals surface area (Å²) < 4.78 is 0. The zero-order valence-corrected chi connectivity index (χ0v) is 12.1. The normalized spacial score (nSPS) is 18.8. The molecule has 0 unspecified atom stereocenters. The number of fused-ring (bicyclic) bond motifs is 1. The van der Waals surface area contributed by atoms with Crippen molar-refractivity contribution in [2.24, 2.45) is 5.92 Å². The average molecular weight is 272 g/mol. The molecule has 1 aromatic rings. The quantitative estimate of drug-likeness (QED) is 0.794. The van der Waals surface area contributed by atoms with Gasteiger partial charge >= 0.3 is 0 Å². The molecule has 0 radical (unpaired) electrons. The number of carbonyl (C=O) groups excluding carboxylic acids is 2. The Hall–Kier alpha value is -1.84. The number of carbonyl (C=O) groups is 2. The monoisotopic (exact) mass is 272 g/mol. The lowest BCUT2D eigenvalue weighted by Gasteiger charge is -2.24. The number of likely N-dealkylation sites (N-methyl/N-ethyl adjacent to an activating group) is 1. The van der Waals surface area contributed by atoms with Crippen molar-refractivity contribution >= 4 is 23.1 Å². The number of ketones is 1. The molecule has 1 heterocycles. The fourth-order valence-electron chi connectivity index (χ4n) is 3.29. The van der Waals surface area contributed by atoms with Gasteiger partial charge in [-0.3, -0.25) is 9.59 Å². The highest BCUT2D eigenvalue weighted by Gasteiger charge is 2.33. The lowest BCUT2D eigenvalue weighted by molar-refractivity contribution is -0.114. The third-order valence-electron chi connectivity index (χ3n) is 4.53. The molecule has 0 spiro atoms. The molecule has 20 heavy (non-hydrogen) atoms. The number of Topliss-reactive ketones (excluding diaryl/α,β-unsaturated/α-hetero) is 1. The minimum Gasteiger partial charge on any atom is -0.374 e. The predicted octanol–water partition coefficient (Wildman–Crippen LogP) is 2.47. The van der Waals surface area contributed by atoms with Crippen molar-refractivity contribution < 1.29 is 9.59 Å². The van der Waals surface area contributed by atoms with Crippen LogP contribution in [0.5, 0.6) is 0 Å². The fraction of sp³-hybridized carbons (Fsp3) is 0.500. The van der Waals surface area contributed by atoms with Crippen molar-refractivity contribution in [3.05, 3.63) is 23.8 Å². The first-order valence-electron chi connectivity index (χ1n) is 7.25. The summed E-state index contributed by atoms with van der Waals surface area (Å²) in [6, 6.07) is 5.67. The lowest BCUT2D eigenvalue weighted by Crippen LogP contribution is -2.25. The maximum atomic E-state index is 11.8. The first-order valence-corrected chi connectivity index (χ1v) is 7.25. The zero-order valence-electron chi connectivity index (χ0n) is 12.1. The summed E-state index contributed by atoms with van der Waals surface area (Å²) in [5.74, 6) is -0.0580. The first kappa shape index (κ1) is 13.2. The molecule has 4 nitrogen and oxygen atoms in total. The van der Waals surface area contributed by atoms with Crippen molar-refractivity contribution in [3.63, 3.8) is 0 Å². The van der Waals surface area contributed by atoms with Gasteiger partial charge in [-0.1, -0.05) is 12.8 Å². The van der Waals surface area contributed by atoms with Crippen LogP contribution in [0.15, 0.2) is 18.2 Å². The van der Waals surface area contributed by atoms with E-state index in [-0.39, 0.29) is 0 Å². The molecule has 1 fully saturated rings. The van der Waals surface area contributed by atoms with Crippen LogP contribution in [0, 0.1) is 5.92 Å². The number of hydrogen-bond acceptors (Lipinski definition) is 3. The second-order valence-corrected chi connectivity index (χ2v) is 5.93. The Morgan fingerprint density at radius 1 is 1.25 bits per heavy atom. The second kappa shape index (κ2) is 4.93. The fourth-order valence-corrected chi connectivity index (χ4v) is 3.29. The number of benzene rings is 1. The summed E-state index contributed by atoms with van der Waals surface area (Å²) in [6.07, 6.45) is 5.31. The van der Waals surface area contributed by atoms with Gasteiger partial charge in [0.25, 0.3) is 11.7 Å². The van der Waals surface area contributed by atoms with Crippen LogP contribution in [0.3, 0.4) is 0 Å². The molecule has 106 valence electrons. The summed E-state index contributed by atoms with van der Waals surface area (Å²) >= 11 is 0. The number of amides is 1. The van der Waals surface area contributed by atoms with Crippen LogP contribution in [0.25, 0.3) is 0 Å². The Morgan fingerprint density at radius 2 is 1.95 bits per heavy atom. The van der Waals surface area contributed by atoms with E-state index in [2.05, 4.69) is 11.9 Å². The van der Waals surface area contributed by atoms with Gasteiger partial charge in [-0.05, 0) is 37.0 Å². The van der Waals surface area contributed by atoms with Gasteiger partial charge in [0, 0.05) is 26.3 Å². The van der Waals surface area contributed by atoms with Gasteiger partial charge in [0.15, 0.2) is 0 Å². The number of nitrogens with zero attached hydrogens (tertiary/aromatic N) is 2. The van der Waals surface area contributed by atoms with Gasteiger partial charge in [-0.2, -0.15) is 0 Å². The van der Waals surface area contributed by atoms with E-state index in [9.17, 15) is 9.59 Å². The zero-order chi connectivity index (χ0) is 14.3. The van der Waals surface area contributed by atoms with Crippen LogP contribution in [0.4, 0.5) is 11.4 Å². The molecule has 3 rings (SSSR count). The van der Waals surface area contributed by atoms with Gasteiger partial charge in [0.05, 0.1) is 11.3 Å². The van der Waals surface area contributed by atoms with Crippen LogP contribution >= 0.6 is 0 Å². The van der Waals surface area contributed by atoms with Crippen molar-refractivity contribution in [2.45, 2.75) is 25.7 Å². The van der Waals surface area contributed by atoms with Gasteiger partial charge in [-0.25, -0.2) is 0 Å². The topological polar surface area (TPSA) is 40.6 Å². The van der Waals surface area contributed by atoms with Crippen molar-refractivity contribution in [2.75, 3.05) is 30.4 Å². The molecule has 0 bridgehead atoms. The van der Waals surface area contributed by atoms with E-state index in [1.54, 1.807) is 13.1 Å². The molecule has 0 aromatic heterocycles. The summed E-state index contributed by atoms with van der Waals surface area (Å²) in [5.41, 5.74) is 2.33. The molecule has 0 atom stereocenters. The molecule has 1 aliphatic carbocycles. The average Bonchev–Trinajstić information content (AvgIpc) is 3.03. The van der Waals surface area contributed by atoms with E-state index in [4.69, 9.17) is 0 Å². The minimum absolute atomic E-state index is 0.396. The highest BCUT2D eigenvalue weighted by molar-refractivity contribution is 6.52. The molecule has 2 aliphatic rings. The van der Waals surface area contributed by atoms with Crippen molar-refractivity contribution in [1.82, 2.24) is 0 Å². The van der Waals surface area contributed by atoms with Crippen LogP contribution in [-0.4, -0.2) is 32.3 Å². The number of hydrogen-bond donors (Lipinski definition) is 0. The Balaban J connectivity index is 1.82. The van der Waals surface area contributed by atoms with E-state index < -0.39 is 11.7 Å². The first-order chi connectivity index (χ1) is 9.58. The van der Waals surface area contributed by atoms with Crippen LogP contribution in [0.2, 0.25) is 0 Å². The third-order valence-corrected chi connectivity index (χ3v) is 4.53. The van der Waals surface area contributed by atoms with Crippen LogP contribution in [-0.2, 0) is 4.79 Å². The minimum atomic E-state index is -0.435. The summed E-state index contributed by atoms with van der Waals surface area (Å²) in [6.45, 7) is 1.05. The predicted molar refractivity (Wildman–Crippen MR) is 79.4 cm³/mol. The van der Waals surface area contributed by atoms with E-state index >= 15 is 0 Å². The van der Waals surface area contributed by atoms with Crippen molar-refractivity contribution in [1.29, 1.82) is 0 Å². The lowest BCUT2D eigenvalue weighted by atomic mass is 10.1. The van der Waals surface area contributed by atoms with Gasteiger partial charge < -0.3 is 9.80 Å². The maximum Gasteiger partial charge on any atom is 0.299 e. The molecule has 0 saturated heterocycles. The highest BCUT2D eigenvalue weighted by Crippen LogP contribution is 2.33. The van der Waals surface area contributed by atoms with Crippen molar-refractivity contribution in [3.8, 4) is 0 Å². The van der Waals surface area contributed by atoms with E-state index in [1.807, 2.05) is 12.1 Å². The molecular weight excluding hydrogens is 252 g/mol. The maximum absolute atomic E-state index is 11.8. The Morgan fingerprint density at radius 3 is 2.65 bits per heavy atom. The van der Waals surface area contributed by atoms with Gasteiger partial charge in [0.2, 0.25) is 0 Å². The summed E-state index contributed by atoms with van der Waals surface area (Å²) in [4.78, 5) is 27.1. The number of anilines is 2. The molecular formula is C16H20N2O2. The standard InChI is InChI=1S/C16H20N2O2/c1-17(10-11-5-3-4-6-11)12-7-8-13-14(9-12)18(2)16(20)15(13)19/h7-9,11H,3-6,10H2,1-2H3. The number of rotatable bonds is 3. The smallest absolute Gasteiger partial charge is 0.299 e. The molecule has 4 heteroatoms. The second-order valence-electron chi connectivity index (χ2n) is 5.93.